The fourth-order valence-electron chi connectivity index (χ4n) is 1.79. The van der Waals surface area contributed by atoms with E-state index in [4.69, 9.17) is 17.0 Å². The van der Waals surface area contributed by atoms with Crippen molar-refractivity contribution < 1.29 is 9.84 Å². The van der Waals surface area contributed by atoms with Gasteiger partial charge in [0.1, 0.15) is 12.4 Å². The first-order valence-electron chi connectivity index (χ1n) is 7.17. The van der Waals surface area contributed by atoms with E-state index in [9.17, 15) is 0 Å². The Balaban J connectivity index is 1.82. The first-order chi connectivity index (χ1) is 10.8. The van der Waals surface area contributed by atoms with Gasteiger partial charge in [-0.05, 0) is 49.0 Å². The van der Waals surface area contributed by atoms with Crippen molar-refractivity contribution in [3.63, 3.8) is 0 Å². The third-order valence-electron chi connectivity index (χ3n) is 2.89. The molecular formula is C17H20N3OS+. The van der Waals surface area contributed by atoms with Gasteiger partial charge in [0.2, 0.25) is 5.11 Å². The highest BCUT2D eigenvalue weighted by atomic mass is 32.1. The highest BCUT2D eigenvalue weighted by Gasteiger charge is 1.98. The molecule has 0 unspecified atom stereocenters. The lowest BCUT2D eigenvalue weighted by Gasteiger charge is -2.05. The Labute approximate surface area is 136 Å². The molecule has 0 aromatic heterocycles. The molecule has 3 N–H and O–H groups in total. The number of hydrogen-bond donors (Lipinski definition) is 3. The summed E-state index contributed by atoms with van der Waals surface area (Å²) in [5.74, 6) is 0.845. The zero-order valence-corrected chi connectivity index (χ0v) is 13.3. The number of hydrogen-bond acceptors (Lipinski definition) is 2. The molecule has 22 heavy (non-hydrogen) atoms. The Hall–Kier alpha value is -2.40. The molecule has 0 fully saturated rings. The van der Waals surface area contributed by atoms with Crippen molar-refractivity contribution in [2.45, 2.75) is 13.5 Å². The van der Waals surface area contributed by atoms with Crippen LogP contribution >= 0.6 is 12.2 Å². The van der Waals surface area contributed by atoms with Crippen molar-refractivity contribution >= 4 is 23.5 Å². The summed E-state index contributed by atoms with van der Waals surface area (Å²) in [7, 11) is 0. The van der Waals surface area contributed by atoms with Crippen LogP contribution in [-0.2, 0) is 6.61 Å². The zero-order valence-electron chi connectivity index (χ0n) is 12.5. The summed E-state index contributed by atoms with van der Waals surface area (Å²) in [4.78, 5) is 0. The highest BCUT2D eigenvalue weighted by Crippen LogP contribution is 2.13. The van der Waals surface area contributed by atoms with Crippen LogP contribution in [0.3, 0.4) is 0 Å². The smallest absolute Gasteiger partial charge is 0.223 e. The summed E-state index contributed by atoms with van der Waals surface area (Å²) < 4.78 is 5.74. The van der Waals surface area contributed by atoms with E-state index in [0.29, 0.717) is 11.7 Å². The molecule has 2 rings (SSSR count). The minimum absolute atomic E-state index is 0.570. The van der Waals surface area contributed by atoms with Crippen LogP contribution in [0.5, 0.6) is 5.75 Å². The number of rotatable bonds is 6. The quantitative estimate of drug-likeness (QED) is 0.425. The molecule has 2 aromatic rings. The Kier molecular flexibility index (Phi) is 6.39. The maximum atomic E-state index is 5.74. The van der Waals surface area contributed by atoms with Crippen molar-refractivity contribution in [3.8, 4) is 5.75 Å². The van der Waals surface area contributed by atoms with Crippen LogP contribution in [0, 0.1) is 0 Å². The maximum absolute atomic E-state index is 5.74. The molecule has 0 amide bonds. The fourth-order valence-corrected chi connectivity index (χ4v) is 1.99. The molecular weight excluding hydrogens is 294 g/mol. The van der Waals surface area contributed by atoms with Gasteiger partial charge in [-0.2, -0.15) is 0 Å². The number of ether oxygens (including phenoxy) is 1. The first-order valence-corrected chi connectivity index (χ1v) is 7.58. The van der Waals surface area contributed by atoms with Crippen molar-refractivity contribution in [2.24, 2.45) is 0 Å². The van der Waals surface area contributed by atoms with Crippen molar-refractivity contribution in [2.75, 3.05) is 6.54 Å². The van der Waals surface area contributed by atoms with Gasteiger partial charge in [-0.25, -0.2) is 0 Å². The molecule has 0 saturated heterocycles. The van der Waals surface area contributed by atoms with Gasteiger partial charge >= 0.3 is 0 Å². The maximum Gasteiger partial charge on any atom is 0.223 e. The number of nitrogens with one attached hydrogen (secondary N) is 3. The Bertz CT molecular complexity index is 612. The number of thiocarbonyl (C=S) groups is 1. The molecule has 0 aliphatic carbocycles. The molecule has 5 heteroatoms. The molecule has 0 aliphatic heterocycles. The lowest BCUT2D eigenvalue weighted by atomic mass is 10.2. The summed E-state index contributed by atoms with van der Waals surface area (Å²) in [5, 5.41) is 6.51. The Morgan fingerprint density at radius 1 is 1.14 bits per heavy atom. The standard InChI is InChI=1S/C17H19N3OS/c1-2-18-17(22)20-19-12-14-8-10-16(11-9-14)21-13-15-6-4-3-5-7-15/h3-12H,2,13H2,1H3,(H2,18,20,22)/p+1. The van der Waals surface area contributed by atoms with Crippen LogP contribution in [0.25, 0.3) is 0 Å². The first kappa shape index (κ1) is 16.0. The molecule has 114 valence electrons. The summed E-state index contributed by atoms with van der Waals surface area (Å²) in [6, 6.07) is 17.9. The van der Waals surface area contributed by atoms with E-state index in [1.807, 2.05) is 67.7 Å². The Morgan fingerprint density at radius 3 is 2.55 bits per heavy atom. The number of benzene rings is 2. The Morgan fingerprint density at radius 2 is 1.86 bits per heavy atom. The monoisotopic (exact) mass is 314 g/mol. The van der Waals surface area contributed by atoms with E-state index < -0.39 is 0 Å². The third-order valence-corrected chi connectivity index (χ3v) is 3.14. The van der Waals surface area contributed by atoms with Crippen molar-refractivity contribution in [3.05, 3.63) is 65.7 Å². The van der Waals surface area contributed by atoms with Gasteiger partial charge in [-0.3, -0.25) is 0 Å². The molecule has 0 heterocycles. The molecule has 0 atom stereocenters. The van der Waals surface area contributed by atoms with Crippen LogP contribution in [0.2, 0.25) is 0 Å². The summed E-state index contributed by atoms with van der Waals surface area (Å²) in [6.45, 7) is 3.35. The lowest BCUT2D eigenvalue weighted by Crippen LogP contribution is -2.82. The van der Waals surface area contributed by atoms with Gasteiger partial charge in [0.05, 0.1) is 0 Å². The van der Waals surface area contributed by atoms with Crippen molar-refractivity contribution in [1.82, 2.24) is 10.7 Å². The molecule has 0 saturated carbocycles. The van der Waals surface area contributed by atoms with Crippen LogP contribution in [-0.4, -0.2) is 17.9 Å². The van der Waals surface area contributed by atoms with Gasteiger partial charge in [-0.15, -0.1) is 10.5 Å². The van der Waals surface area contributed by atoms with E-state index in [-0.39, 0.29) is 0 Å². The van der Waals surface area contributed by atoms with Gasteiger partial charge in [0.15, 0.2) is 6.21 Å². The van der Waals surface area contributed by atoms with Crippen LogP contribution in [0.4, 0.5) is 0 Å². The minimum atomic E-state index is 0.570. The fraction of sp³-hybridized carbons (Fsp3) is 0.176. The molecule has 0 bridgehead atoms. The predicted molar refractivity (Wildman–Crippen MR) is 92.8 cm³/mol. The SMILES string of the molecule is CCNC(=S)N[NH+]=Cc1ccc(OCc2ccccc2)cc1. The number of hydrazine groups is 1. The zero-order chi connectivity index (χ0) is 15.6. The summed E-state index contributed by atoms with van der Waals surface area (Å²) in [6.07, 6.45) is 1.84. The molecule has 0 spiro atoms. The topological polar surface area (TPSA) is 47.3 Å². The minimum Gasteiger partial charge on any atom is -0.489 e. The van der Waals surface area contributed by atoms with Gasteiger partial charge in [0.25, 0.3) is 0 Å². The van der Waals surface area contributed by atoms with E-state index >= 15 is 0 Å². The average molecular weight is 314 g/mol. The lowest BCUT2D eigenvalue weighted by molar-refractivity contribution is -0.500. The van der Waals surface area contributed by atoms with Gasteiger partial charge in [0, 0.05) is 12.1 Å². The molecule has 4 nitrogen and oxygen atoms in total. The van der Waals surface area contributed by atoms with Crippen LogP contribution < -0.4 is 20.6 Å². The van der Waals surface area contributed by atoms with Crippen molar-refractivity contribution in [1.29, 1.82) is 0 Å². The van der Waals surface area contributed by atoms with E-state index in [2.05, 4.69) is 15.8 Å². The van der Waals surface area contributed by atoms with Gasteiger partial charge < -0.3 is 10.1 Å². The van der Waals surface area contributed by atoms with Crippen LogP contribution in [0.15, 0.2) is 54.6 Å². The largest absolute Gasteiger partial charge is 0.489 e. The molecule has 0 radical (unpaired) electrons. The van der Waals surface area contributed by atoms with Crippen LogP contribution in [0.1, 0.15) is 18.1 Å². The average Bonchev–Trinajstić information content (AvgIpc) is 2.55. The summed E-state index contributed by atoms with van der Waals surface area (Å²) in [5.41, 5.74) is 5.06. The molecule has 2 aromatic carbocycles. The molecule has 0 aliphatic rings. The normalized spacial score (nSPS) is 10.4. The second-order valence-corrected chi connectivity index (χ2v) is 5.02. The highest BCUT2D eigenvalue weighted by molar-refractivity contribution is 7.80. The third kappa shape index (κ3) is 5.54. The van der Waals surface area contributed by atoms with E-state index in [1.165, 1.54) is 0 Å². The second kappa shape index (κ2) is 8.79. The van der Waals surface area contributed by atoms with Gasteiger partial charge in [-0.1, -0.05) is 30.3 Å². The number of hydrazone groups is 1. The predicted octanol–water partition coefficient (Wildman–Crippen LogP) is 1.16. The second-order valence-electron chi connectivity index (χ2n) is 4.62. The van der Waals surface area contributed by atoms with E-state index in [1.54, 1.807) is 0 Å². The van der Waals surface area contributed by atoms with E-state index in [0.717, 1.165) is 23.4 Å². The summed E-state index contributed by atoms with van der Waals surface area (Å²) >= 11 is 5.05.